The van der Waals surface area contributed by atoms with Crippen LogP contribution in [0.25, 0.3) is 0 Å². The standard InChI is InChI=1S/C21H21ClN4O2/c1-12-7-13(2)19(14(3)8-12)26-21-23-10-15(11-24-21)20(27)25-17-9-16(22)5-6-18(17)28-4/h5-11H,1-4H3,(H,25,27)(H,23,24,26). The van der Waals surface area contributed by atoms with E-state index in [1.54, 1.807) is 18.2 Å². The molecule has 0 fully saturated rings. The first-order valence-electron chi connectivity index (χ1n) is 8.69. The van der Waals surface area contributed by atoms with Crippen LogP contribution in [0.2, 0.25) is 5.02 Å². The number of nitrogens with one attached hydrogen (secondary N) is 2. The van der Waals surface area contributed by atoms with Crippen LogP contribution in [0.4, 0.5) is 17.3 Å². The number of methoxy groups -OCH3 is 1. The summed E-state index contributed by atoms with van der Waals surface area (Å²) in [4.78, 5) is 21.0. The number of hydrogen-bond donors (Lipinski definition) is 2. The van der Waals surface area contributed by atoms with Gasteiger partial charge >= 0.3 is 0 Å². The number of aryl methyl sites for hydroxylation is 3. The molecule has 1 amide bonds. The Labute approximate surface area is 168 Å². The van der Waals surface area contributed by atoms with Gasteiger partial charge in [-0.1, -0.05) is 29.3 Å². The van der Waals surface area contributed by atoms with Crippen molar-refractivity contribution in [1.29, 1.82) is 0 Å². The quantitative estimate of drug-likeness (QED) is 0.630. The molecule has 0 unspecified atom stereocenters. The Kier molecular flexibility index (Phi) is 5.80. The maximum Gasteiger partial charge on any atom is 0.258 e. The average Bonchev–Trinajstić information content (AvgIpc) is 2.65. The van der Waals surface area contributed by atoms with Gasteiger partial charge in [-0.3, -0.25) is 4.79 Å². The van der Waals surface area contributed by atoms with E-state index in [9.17, 15) is 4.79 Å². The van der Waals surface area contributed by atoms with Crippen molar-refractivity contribution in [2.45, 2.75) is 20.8 Å². The minimum absolute atomic E-state index is 0.324. The van der Waals surface area contributed by atoms with Crippen LogP contribution in [0.3, 0.4) is 0 Å². The van der Waals surface area contributed by atoms with Crippen molar-refractivity contribution in [2.24, 2.45) is 0 Å². The van der Waals surface area contributed by atoms with Gasteiger partial charge in [0, 0.05) is 23.1 Å². The Bertz CT molecular complexity index is 996. The molecule has 1 aromatic heterocycles. The summed E-state index contributed by atoms with van der Waals surface area (Å²) in [6.45, 7) is 6.12. The van der Waals surface area contributed by atoms with E-state index in [-0.39, 0.29) is 5.91 Å². The topological polar surface area (TPSA) is 76.1 Å². The van der Waals surface area contributed by atoms with Crippen LogP contribution in [0, 0.1) is 20.8 Å². The fourth-order valence-corrected chi connectivity index (χ4v) is 3.14. The number of carbonyl (C=O) groups is 1. The number of anilines is 3. The van der Waals surface area contributed by atoms with Crippen LogP contribution in [0.1, 0.15) is 27.0 Å². The molecule has 0 aliphatic carbocycles. The normalized spacial score (nSPS) is 10.5. The van der Waals surface area contributed by atoms with E-state index in [0.29, 0.717) is 28.0 Å². The summed E-state index contributed by atoms with van der Waals surface area (Å²) in [6, 6.07) is 9.19. The Morgan fingerprint density at radius 1 is 1.04 bits per heavy atom. The van der Waals surface area contributed by atoms with Gasteiger partial charge in [-0.25, -0.2) is 9.97 Å². The van der Waals surface area contributed by atoms with Crippen LogP contribution in [-0.4, -0.2) is 23.0 Å². The van der Waals surface area contributed by atoms with E-state index in [1.165, 1.54) is 25.1 Å². The van der Waals surface area contributed by atoms with Gasteiger partial charge in [-0.2, -0.15) is 0 Å². The number of carbonyl (C=O) groups excluding carboxylic acids is 1. The number of nitrogens with zero attached hydrogens (tertiary/aromatic N) is 2. The Morgan fingerprint density at radius 2 is 1.68 bits per heavy atom. The number of ether oxygens (including phenoxy) is 1. The number of hydrogen-bond acceptors (Lipinski definition) is 5. The lowest BCUT2D eigenvalue weighted by atomic mass is 10.1. The molecule has 0 radical (unpaired) electrons. The number of aromatic nitrogens is 2. The summed E-state index contributed by atoms with van der Waals surface area (Å²) in [7, 11) is 1.53. The second kappa shape index (κ2) is 8.27. The lowest BCUT2D eigenvalue weighted by Gasteiger charge is -2.13. The van der Waals surface area contributed by atoms with Crippen LogP contribution in [0.15, 0.2) is 42.7 Å². The number of rotatable bonds is 5. The first kappa shape index (κ1) is 19.6. The maximum atomic E-state index is 12.5. The highest BCUT2D eigenvalue weighted by molar-refractivity contribution is 6.31. The smallest absolute Gasteiger partial charge is 0.258 e. The average molecular weight is 397 g/mol. The fraction of sp³-hybridized carbons (Fsp3) is 0.190. The molecular formula is C21H21ClN4O2. The molecule has 28 heavy (non-hydrogen) atoms. The van der Waals surface area contributed by atoms with Gasteiger partial charge in [0.1, 0.15) is 5.75 Å². The van der Waals surface area contributed by atoms with Crippen LogP contribution in [0.5, 0.6) is 5.75 Å². The SMILES string of the molecule is COc1ccc(Cl)cc1NC(=O)c1cnc(Nc2c(C)cc(C)cc2C)nc1. The molecule has 0 atom stereocenters. The zero-order valence-electron chi connectivity index (χ0n) is 16.1. The number of halogens is 1. The van der Waals surface area contributed by atoms with Crippen molar-refractivity contribution in [1.82, 2.24) is 9.97 Å². The second-order valence-corrected chi connectivity index (χ2v) is 6.93. The predicted octanol–water partition coefficient (Wildman–Crippen LogP) is 5.06. The highest BCUT2D eigenvalue weighted by Gasteiger charge is 2.12. The van der Waals surface area contributed by atoms with Crippen LogP contribution < -0.4 is 15.4 Å². The lowest BCUT2D eigenvalue weighted by molar-refractivity contribution is 0.102. The van der Waals surface area contributed by atoms with Gasteiger partial charge in [0.2, 0.25) is 5.95 Å². The van der Waals surface area contributed by atoms with Crippen molar-refractivity contribution in [2.75, 3.05) is 17.7 Å². The van der Waals surface area contributed by atoms with E-state index in [4.69, 9.17) is 16.3 Å². The number of benzene rings is 2. The van der Waals surface area contributed by atoms with E-state index in [2.05, 4.69) is 39.7 Å². The van der Waals surface area contributed by atoms with Gasteiger partial charge in [0.05, 0.1) is 18.4 Å². The highest BCUT2D eigenvalue weighted by Crippen LogP contribution is 2.28. The van der Waals surface area contributed by atoms with Gasteiger partial charge in [-0.05, 0) is 50.1 Å². The molecule has 6 nitrogen and oxygen atoms in total. The first-order chi connectivity index (χ1) is 13.4. The molecule has 3 aromatic rings. The van der Waals surface area contributed by atoms with E-state index < -0.39 is 0 Å². The van der Waals surface area contributed by atoms with Gasteiger partial charge < -0.3 is 15.4 Å². The molecule has 144 valence electrons. The molecule has 1 heterocycles. The van der Waals surface area contributed by atoms with Crippen LogP contribution >= 0.6 is 11.6 Å². The molecular weight excluding hydrogens is 376 g/mol. The third-order valence-electron chi connectivity index (χ3n) is 4.24. The third kappa shape index (κ3) is 4.40. The molecule has 0 bridgehead atoms. The predicted molar refractivity (Wildman–Crippen MR) is 112 cm³/mol. The summed E-state index contributed by atoms with van der Waals surface area (Å²) < 4.78 is 5.24. The second-order valence-electron chi connectivity index (χ2n) is 6.49. The number of amides is 1. The summed E-state index contributed by atoms with van der Waals surface area (Å²) >= 11 is 6.00. The molecule has 7 heteroatoms. The molecule has 0 saturated heterocycles. The van der Waals surface area contributed by atoms with Crippen molar-refractivity contribution < 1.29 is 9.53 Å². The monoisotopic (exact) mass is 396 g/mol. The largest absolute Gasteiger partial charge is 0.495 e. The van der Waals surface area contributed by atoms with Crippen molar-refractivity contribution in [3.05, 3.63) is 70.0 Å². The van der Waals surface area contributed by atoms with Crippen molar-refractivity contribution in [3.8, 4) is 5.75 Å². The Hall–Kier alpha value is -3.12. The molecule has 0 aliphatic rings. The lowest BCUT2D eigenvalue weighted by Crippen LogP contribution is -2.14. The molecule has 0 spiro atoms. The maximum absolute atomic E-state index is 12.5. The van der Waals surface area contributed by atoms with E-state index in [1.807, 2.05) is 13.8 Å². The summed E-state index contributed by atoms with van der Waals surface area (Å²) in [5, 5.41) is 6.48. The molecule has 2 aromatic carbocycles. The zero-order chi connectivity index (χ0) is 20.3. The van der Waals surface area contributed by atoms with Gasteiger partial charge in [-0.15, -0.1) is 0 Å². The molecule has 0 aliphatic heterocycles. The molecule has 0 saturated carbocycles. The Balaban J connectivity index is 1.76. The summed E-state index contributed by atoms with van der Waals surface area (Å²) in [6.07, 6.45) is 2.95. The molecule has 2 N–H and O–H groups in total. The molecule has 3 rings (SSSR count). The Morgan fingerprint density at radius 3 is 2.29 bits per heavy atom. The van der Waals surface area contributed by atoms with E-state index in [0.717, 1.165) is 16.8 Å². The minimum atomic E-state index is -0.352. The first-order valence-corrected chi connectivity index (χ1v) is 9.07. The zero-order valence-corrected chi connectivity index (χ0v) is 16.9. The summed E-state index contributed by atoms with van der Waals surface area (Å²) in [5.74, 6) is 0.587. The minimum Gasteiger partial charge on any atom is -0.495 e. The van der Waals surface area contributed by atoms with E-state index >= 15 is 0 Å². The third-order valence-corrected chi connectivity index (χ3v) is 4.47. The van der Waals surface area contributed by atoms with Crippen molar-refractivity contribution >= 4 is 34.8 Å². The van der Waals surface area contributed by atoms with Gasteiger partial charge in [0.15, 0.2) is 0 Å². The van der Waals surface area contributed by atoms with Crippen molar-refractivity contribution in [3.63, 3.8) is 0 Å². The van der Waals surface area contributed by atoms with Gasteiger partial charge in [0.25, 0.3) is 5.91 Å². The summed E-state index contributed by atoms with van der Waals surface area (Å²) in [5.41, 5.74) is 5.18. The highest BCUT2D eigenvalue weighted by atomic mass is 35.5. The van der Waals surface area contributed by atoms with Crippen LogP contribution in [-0.2, 0) is 0 Å². The fourth-order valence-electron chi connectivity index (χ4n) is 2.97.